The number of rotatable bonds is 0. The van der Waals surface area contributed by atoms with Crippen molar-refractivity contribution in [3.8, 4) is 0 Å². The van der Waals surface area contributed by atoms with Gasteiger partial charge in [0.05, 0.1) is 6.04 Å². The number of amides is 2. The third kappa shape index (κ3) is 1.39. The van der Waals surface area contributed by atoms with Crippen molar-refractivity contribution in [1.82, 2.24) is 10.2 Å². The van der Waals surface area contributed by atoms with Gasteiger partial charge in [0.15, 0.2) is 0 Å². The van der Waals surface area contributed by atoms with E-state index in [1.807, 2.05) is 0 Å². The summed E-state index contributed by atoms with van der Waals surface area (Å²) in [5, 5.41) is 11.3. The van der Waals surface area contributed by atoms with Crippen LogP contribution in [0.3, 0.4) is 0 Å². The molecule has 0 bridgehead atoms. The fraction of sp³-hybridized carbons (Fsp3) is 0.714. The van der Waals surface area contributed by atoms with Crippen LogP contribution in [0.5, 0.6) is 0 Å². The van der Waals surface area contributed by atoms with E-state index in [4.69, 9.17) is 9.84 Å². The van der Waals surface area contributed by atoms with Crippen LogP contribution in [0, 0.1) is 0 Å². The van der Waals surface area contributed by atoms with Gasteiger partial charge in [0.2, 0.25) is 0 Å². The van der Waals surface area contributed by atoms with Crippen molar-refractivity contribution in [2.24, 2.45) is 0 Å². The summed E-state index contributed by atoms with van der Waals surface area (Å²) < 4.78 is 4.92. The lowest BCUT2D eigenvalue weighted by Crippen LogP contribution is -2.50. The lowest BCUT2D eigenvalue weighted by atomic mass is 10.0. The number of carbonyl (C=O) groups excluding carboxylic acids is 1. The molecule has 6 heteroatoms. The van der Waals surface area contributed by atoms with E-state index >= 15 is 0 Å². The van der Waals surface area contributed by atoms with E-state index in [2.05, 4.69) is 5.32 Å². The second kappa shape index (κ2) is 2.79. The summed E-state index contributed by atoms with van der Waals surface area (Å²) in [5.74, 6) is 0. The van der Waals surface area contributed by atoms with Crippen molar-refractivity contribution in [2.45, 2.75) is 18.6 Å². The molecule has 2 rings (SSSR count). The zero-order chi connectivity index (χ0) is 9.42. The quantitative estimate of drug-likeness (QED) is 0.551. The molecule has 2 saturated heterocycles. The second-order valence-corrected chi connectivity index (χ2v) is 3.21. The molecule has 0 aromatic carbocycles. The highest BCUT2D eigenvalue weighted by molar-refractivity contribution is 5.71. The smallest absolute Gasteiger partial charge is 0.407 e. The zero-order valence-corrected chi connectivity index (χ0v) is 6.90. The molecule has 0 spiro atoms. The predicted molar refractivity (Wildman–Crippen MR) is 41.4 cm³/mol. The molecule has 2 aliphatic heterocycles. The minimum absolute atomic E-state index is 0.150. The van der Waals surface area contributed by atoms with Crippen LogP contribution in [0.2, 0.25) is 0 Å². The Morgan fingerprint density at radius 2 is 2.46 bits per heavy atom. The Kier molecular flexibility index (Phi) is 1.75. The van der Waals surface area contributed by atoms with Crippen LogP contribution in [0.4, 0.5) is 9.59 Å². The van der Waals surface area contributed by atoms with Crippen molar-refractivity contribution in [1.29, 1.82) is 0 Å². The van der Waals surface area contributed by atoms with Crippen molar-refractivity contribution < 1.29 is 19.4 Å². The number of alkyl carbamates (subject to hydrolysis) is 1. The molecule has 72 valence electrons. The molecule has 13 heavy (non-hydrogen) atoms. The third-order valence-electron chi connectivity index (χ3n) is 2.38. The SMILES string of the molecule is O=C1N[C@H]2CN(C(=O)O)CC[C@H]2O1. The number of nitrogens with zero attached hydrogens (tertiary/aromatic N) is 1. The Labute approximate surface area is 74.5 Å². The molecule has 2 N–H and O–H groups in total. The number of carboxylic acid groups (broad SMARTS) is 1. The number of carbonyl (C=O) groups is 2. The Balaban J connectivity index is 2.01. The maximum Gasteiger partial charge on any atom is 0.407 e. The monoisotopic (exact) mass is 186 g/mol. The van der Waals surface area contributed by atoms with Crippen molar-refractivity contribution >= 4 is 12.2 Å². The highest BCUT2D eigenvalue weighted by Crippen LogP contribution is 2.19. The van der Waals surface area contributed by atoms with Gasteiger partial charge in [0, 0.05) is 19.5 Å². The van der Waals surface area contributed by atoms with Gasteiger partial charge in [-0.05, 0) is 0 Å². The molecular formula is C7H10N2O4. The largest absolute Gasteiger partial charge is 0.465 e. The van der Waals surface area contributed by atoms with Crippen LogP contribution in [0.1, 0.15) is 6.42 Å². The van der Waals surface area contributed by atoms with Gasteiger partial charge in [-0.3, -0.25) is 0 Å². The van der Waals surface area contributed by atoms with Crippen LogP contribution in [-0.4, -0.2) is 47.4 Å². The molecule has 0 aromatic heterocycles. The van der Waals surface area contributed by atoms with Gasteiger partial charge in [0.1, 0.15) is 6.10 Å². The van der Waals surface area contributed by atoms with Crippen LogP contribution in [-0.2, 0) is 4.74 Å². The predicted octanol–water partition coefficient (Wildman–Crippen LogP) is -0.153. The zero-order valence-electron chi connectivity index (χ0n) is 6.90. The Bertz CT molecular complexity index is 255. The topological polar surface area (TPSA) is 78.9 Å². The van der Waals surface area contributed by atoms with Gasteiger partial charge >= 0.3 is 12.2 Å². The molecular weight excluding hydrogens is 176 g/mol. The number of fused-ring (bicyclic) bond motifs is 1. The Hall–Kier alpha value is -1.46. The van der Waals surface area contributed by atoms with E-state index < -0.39 is 12.2 Å². The first kappa shape index (κ1) is 8.15. The number of ether oxygens (including phenoxy) is 1. The first-order chi connectivity index (χ1) is 6.16. The average Bonchev–Trinajstić information content (AvgIpc) is 2.42. The summed E-state index contributed by atoms with van der Waals surface area (Å²) >= 11 is 0. The van der Waals surface area contributed by atoms with E-state index in [0.29, 0.717) is 19.5 Å². The first-order valence-corrected chi connectivity index (χ1v) is 4.12. The van der Waals surface area contributed by atoms with E-state index in [1.54, 1.807) is 0 Å². The molecule has 2 amide bonds. The van der Waals surface area contributed by atoms with Crippen LogP contribution >= 0.6 is 0 Å². The Morgan fingerprint density at radius 1 is 1.69 bits per heavy atom. The molecule has 2 atom stereocenters. The van der Waals surface area contributed by atoms with Gasteiger partial charge in [-0.15, -0.1) is 0 Å². The minimum atomic E-state index is -0.945. The van der Waals surface area contributed by atoms with Crippen LogP contribution in [0.15, 0.2) is 0 Å². The van der Waals surface area contributed by atoms with Gasteiger partial charge in [-0.25, -0.2) is 9.59 Å². The fourth-order valence-electron chi connectivity index (χ4n) is 1.71. The van der Waals surface area contributed by atoms with Crippen molar-refractivity contribution in [3.05, 3.63) is 0 Å². The molecule has 2 aliphatic rings. The maximum absolute atomic E-state index is 10.8. The Morgan fingerprint density at radius 3 is 3.15 bits per heavy atom. The van der Waals surface area contributed by atoms with E-state index in [9.17, 15) is 9.59 Å². The van der Waals surface area contributed by atoms with Gasteiger partial charge in [-0.1, -0.05) is 0 Å². The van der Waals surface area contributed by atoms with Crippen LogP contribution in [0.25, 0.3) is 0 Å². The molecule has 0 aliphatic carbocycles. The highest BCUT2D eigenvalue weighted by atomic mass is 16.6. The molecule has 6 nitrogen and oxygen atoms in total. The lowest BCUT2D eigenvalue weighted by Gasteiger charge is -2.30. The average molecular weight is 186 g/mol. The standard InChI is InChI=1S/C7H10N2O4/c10-6-8-4-3-9(7(11)12)2-1-5(4)13-6/h4-5H,1-3H2,(H,8,10)(H,11,12)/t4-,5+/m0/s1. The lowest BCUT2D eigenvalue weighted by molar-refractivity contribution is 0.0762. The number of nitrogens with one attached hydrogen (secondary N) is 1. The summed E-state index contributed by atoms with van der Waals surface area (Å²) in [5.41, 5.74) is 0. The first-order valence-electron chi connectivity index (χ1n) is 4.12. The molecule has 0 unspecified atom stereocenters. The third-order valence-corrected chi connectivity index (χ3v) is 2.38. The summed E-state index contributed by atoms with van der Waals surface area (Å²) in [4.78, 5) is 22.7. The highest BCUT2D eigenvalue weighted by Gasteiger charge is 2.39. The van der Waals surface area contributed by atoms with Gasteiger partial charge in [-0.2, -0.15) is 0 Å². The van der Waals surface area contributed by atoms with E-state index in [1.165, 1.54) is 4.90 Å². The summed E-state index contributed by atoms with van der Waals surface area (Å²) in [7, 11) is 0. The van der Waals surface area contributed by atoms with Crippen LogP contribution < -0.4 is 5.32 Å². The van der Waals surface area contributed by atoms with E-state index in [-0.39, 0.29) is 12.1 Å². The molecule has 0 radical (unpaired) electrons. The van der Waals surface area contributed by atoms with Crippen molar-refractivity contribution in [2.75, 3.05) is 13.1 Å². The summed E-state index contributed by atoms with van der Waals surface area (Å²) in [6, 6.07) is -0.169. The maximum atomic E-state index is 10.8. The number of likely N-dealkylation sites (tertiary alicyclic amines) is 1. The normalized spacial score (nSPS) is 32.0. The number of hydrogen-bond acceptors (Lipinski definition) is 3. The molecule has 2 fully saturated rings. The number of hydrogen-bond donors (Lipinski definition) is 2. The van der Waals surface area contributed by atoms with Gasteiger partial charge in [0.25, 0.3) is 0 Å². The van der Waals surface area contributed by atoms with Crippen molar-refractivity contribution in [3.63, 3.8) is 0 Å². The second-order valence-electron chi connectivity index (χ2n) is 3.21. The van der Waals surface area contributed by atoms with E-state index in [0.717, 1.165) is 0 Å². The number of piperidine rings is 1. The fourth-order valence-corrected chi connectivity index (χ4v) is 1.71. The summed E-state index contributed by atoms with van der Waals surface area (Å²) in [6.45, 7) is 0.761. The molecule has 2 heterocycles. The molecule has 0 saturated carbocycles. The molecule has 0 aromatic rings. The van der Waals surface area contributed by atoms with Gasteiger partial charge < -0.3 is 20.1 Å². The summed E-state index contributed by atoms with van der Waals surface area (Å²) in [6.07, 6.45) is -0.958. The minimum Gasteiger partial charge on any atom is -0.465 e.